The number of rotatable bonds is 4. The second-order valence-corrected chi connectivity index (χ2v) is 4.47. The lowest BCUT2D eigenvalue weighted by atomic mass is 10.1. The van der Waals surface area contributed by atoms with Gasteiger partial charge in [0.1, 0.15) is 23.7 Å². The molecule has 17 heavy (non-hydrogen) atoms. The largest absolute Gasteiger partial charge is 0.491 e. The van der Waals surface area contributed by atoms with Gasteiger partial charge in [-0.1, -0.05) is 12.1 Å². The number of hydroxylamine groups is 1. The standard InChI is InChI=1S/C13H17NO3/c1-10-7-13(2,14-17-10)9-16-12-5-3-11(8-15)4-6-12/h3-7,14-15H,8-9H2,1-2H3. The molecule has 1 aromatic rings. The van der Waals surface area contributed by atoms with Gasteiger partial charge in [0.25, 0.3) is 0 Å². The molecule has 0 spiro atoms. The first-order chi connectivity index (χ1) is 8.11. The predicted molar refractivity (Wildman–Crippen MR) is 64.2 cm³/mol. The third kappa shape index (κ3) is 2.99. The van der Waals surface area contributed by atoms with Crippen LogP contribution in [0.25, 0.3) is 0 Å². The minimum Gasteiger partial charge on any atom is -0.491 e. The number of ether oxygens (including phenoxy) is 1. The Balaban J connectivity index is 1.93. The van der Waals surface area contributed by atoms with E-state index in [0.717, 1.165) is 17.1 Å². The van der Waals surface area contributed by atoms with Crippen LogP contribution in [0.5, 0.6) is 5.75 Å². The highest BCUT2D eigenvalue weighted by Crippen LogP contribution is 2.20. The van der Waals surface area contributed by atoms with Gasteiger partial charge in [-0.25, -0.2) is 0 Å². The summed E-state index contributed by atoms with van der Waals surface area (Å²) in [6.07, 6.45) is 2.00. The minimum absolute atomic E-state index is 0.0509. The van der Waals surface area contributed by atoms with Gasteiger partial charge in [-0.15, -0.1) is 5.48 Å². The fourth-order valence-electron chi connectivity index (χ4n) is 1.70. The summed E-state index contributed by atoms with van der Waals surface area (Å²) < 4.78 is 5.67. The Morgan fingerprint density at radius 3 is 2.59 bits per heavy atom. The van der Waals surface area contributed by atoms with Gasteiger partial charge >= 0.3 is 0 Å². The van der Waals surface area contributed by atoms with Crippen LogP contribution in [0.15, 0.2) is 36.1 Å². The number of benzene rings is 1. The normalized spacial score (nSPS) is 23.1. The molecule has 1 atom stereocenters. The van der Waals surface area contributed by atoms with Crippen LogP contribution in [0.4, 0.5) is 0 Å². The molecule has 0 amide bonds. The van der Waals surface area contributed by atoms with Crippen LogP contribution in [0.3, 0.4) is 0 Å². The summed E-state index contributed by atoms with van der Waals surface area (Å²) in [5, 5.41) is 8.93. The van der Waals surface area contributed by atoms with E-state index in [1.807, 2.05) is 44.2 Å². The Morgan fingerprint density at radius 1 is 1.35 bits per heavy atom. The summed E-state index contributed by atoms with van der Waals surface area (Å²) in [4.78, 5) is 5.19. The monoisotopic (exact) mass is 235 g/mol. The van der Waals surface area contributed by atoms with Crippen molar-refractivity contribution in [2.75, 3.05) is 6.61 Å². The summed E-state index contributed by atoms with van der Waals surface area (Å²) in [6, 6.07) is 7.39. The maximum Gasteiger partial charge on any atom is 0.119 e. The lowest BCUT2D eigenvalue weighted by Gasteiger charge is -2.20. The van der Waals surface area contributed by atoms with Crippen molar-refractivity contribution in [1.82, 2.24) is 5.48 Å². The van der Waals surface area contributed by atoms with Crippen LogP contribution in [-0.2, 0) is 11.4 Å². The summed E-state index contributed by atoms with van der Waals surface area (Å²) in [5.74, 6) is 1.63. The van der Waals surface area contributed by atoms with Crippen LogP contribution < -0.4 is 10.2 Å². The summed E-state index contributed by atoms with van der Waals surface area (Å²) in [6.45, 7) is 4.44. The van der Waals surface area contributed by atoms with E-state index < -0.39 is 0 Å². The third-order valence-electron chi connectivity index (χ3n) is 2.61. The lowest BCUT2D eigenvalue weighted by Crippen LogP contribution is -2.41. The molecule has 0 saturated carbocycles. The maximum atomic E-state index is 8.93. The van der Waals surface area contributed by atoms with Gasteiger partial charge in [-0.3, -0.25) is 0 Å². The molecule has 4 heteroatoms. The van der Waals surface area contributed by atoms with E-state index in [1.54, 1.807) is 0 Å². The fraction of sp³-hybridized carbons (Fsp3) is 0.385. The zero-order valence-corrected chi connectivity index (χ0v) is 10.1. The fourth-order valence-corrected chi connectivity index (χ4v) is 1.70. The highest BCUT2D eigenvalue weighted by atomic mass is 16.7. The Morgan fingerprint density at radius 2 is 2.06 bits per heavy atom. The highest BCUT2D eigenvalue weighted by Gasteiger charge is 2.28. The van der Waals surface area contributed by atoms with E-state index >= 15 is 0 Å². The van der Waals surface area contributed by atoms with Gasteiger partial charge in [-0.2, -0.15) is 0 Å². The molecule has 1 aromatic carbocycles. The maximum absolute atomic E-state index is 8.93. The van der Waals surface area contributed by atoms with Gasteiger partial charge in [0.05, 0.1) is 6.61 Å². The molecule has 0 fully saturated rings. The molecule has 1 aliphatic rings. The molecule has 0 saturated heterocycles. The van der Waals surface area contributed by atoms with Crippen molar-refractivity contribution in [2.24, 2.45) is 0 Å². The molecule has 2 rings (SSSR count). The first kappa shape index (κ1) is 12.0. The van der Waals surface area contributed by atoms with Crippen molar-refractivity contribution < 1.29 is 14.7 Å². The molecule has 0 radical (unpaired) electrons. The highest BCUT2D eigenvalue weighted by molar-refractivity contribution is 5.27. The van der Waals surface area contributed by atoms with Crippen LogP contribution in [0.2, 0.25) is 0 Å². The van der Waals surface area contributed by atoms with E-state index in [1.165, 1.54) is 0 Å². The smallest absolute Gasteiger partial charge is 0.119 e. The van der Waals surface area contributed by atoms with Gasteiger partial charge < -0.3 is 14.7 Å². The van der Waals surface area contributed by atoms with Crippen LogP contribution in [0, 0.1) is 0 Å². The molecule has 92 valence electrons. The zero-order chi connectivity index (χ0) is 12.3. The molecule has 1 unspecified atom stereocenters. The van der Waals surface area contributed by atoms with Crippen molar-refractivity contribution >= 4 is 0 Å². The SMILES string of the molecule is CC1=CC(C)(COc2ccc(CO)cc2)NO1. The molecule has 4 nitrogen and oxygen atoms in total. The minimum atomic E-state index is -0.292. The first-order valence-electron chi connectivity index (χ1n) is 5.57. The van der Waals surface area contributed by atoms with Gasteiger partial charge in [-0.05, 0) is 37.6 Å². The van der Waals surface area contributed by atoms with Crippen LogP contribution in [-0.4, -0.2) is 17.3 Å². The van der Waals surface area contributed by atoms with Gasteiger partial charge in [0.15, 0.2) is 0 Å². The molecular weight excluding hydrogens is 218 g/mol. The van der Waals surface area contributed by atoms with E-state index in [9.17, 15) is 0 Å². The van der Waals surface area contributed by atoms with E-state index in [-0.39, 0.29) is 12.1 Å². The van der Waals surface area contributed by atoms with Gasteiger partial charge in [0.2, 0.25) is 0 Å². The Hall–Kier alpha value is -1.52. The van der Waals surface area contributed by atoms with Crippen LogP contribution >= 0.6 is 0 Å². The average Bonchev–Trinajstić information content (AvgIpc) is 2.68. The summed E-state index contributed by atoms with van der Waals surface area (Å²) in [7, 11) is 0. The van der Waals surface area contributed by atoms with Crippen LogP contribution in [0.1, 0.15) is 19.4 Å². The molecule has 0 aromatic heterocycles. The predicted octanol–water partition coefficient (Wildman–Crippen LogP) is 1.75. The molecule has 2 N–H and O–H groups in total. The van der Waals surface area contributed by atoms with Crippen molar-refractivity contribution in [3.05, 3.63) is 41.7 Å². The zero-order valence-electron chi connectivity index (χ0n) is 10.1. The number of aliphatic hydroxyl groups is 1. The number of allylic oxidation sites excluding steroid dienone is 1. The van der Waals surface area contributed by atoms with E-state index in [2.05, 4.69) is 5.48 Å². The lowest BCUT2D eigenvalue weighted by molar-refractivity contribution is 0.0636. The quantitative estimate of drug-likeness (QED) is 0.835. The van der Waals surface area contributed by atoms with Gasteiger partial charge in [0, 0.05) is 0 Å². The second kappa shape index (κ2) is 4.77. The first-order valence-corrected chi connectivity index (χ1v) is 5.57. The number of aliphatic hydroxyl groups excluding tert-OH is 1. The molecular formula is C13H17NO3. The number of hydrogen-bond donors (Lipinski definition) is 2. The molecule has 0 aliphatic carbocycles. The molecule has 0 bridgehead atoms. The topological polar surface area (TPSA) is 50.7 Å². The Bertz CT molecular complexity index is 413. The number of hydrogen-bond acceptors (Lipinski definition) is 4. The molecule has 1 heterocycles. The third-order valence-corrected chi connectivity index (χ3v) is 2.61. The van der Waals surface area contributed by atoms with Crippen molar-refractivity contribution in [2.45, 2.75) is 26.0 Å². The average molecular weight is 235 g/mol. The summed E-state index contributed by atoms with van der Waals surface area (Å²) in [5.41, 5.74) is 3.50. The second-order valence-electron chi connectivity index (χ2n) is 4.47. The Kier molecular flexibility index (Phi) is 3.36. The Labute approximate surface area is 101 Å². The molecule has 1 aliphatic heterocycles. The summed E-state index contributed by atoms with van der Waals surface area (Å²) >= 11 is 0. The van der Waals surface area contributed by atoms with Crippen molar-refractivity contribution in [3.63, 3.8) is 0 Å². The van der Waals surface area contributed by atoms with Crippen molar-refractivity contribution in [3.8, 4) is 5.75 Å². The van der Waals surface area contributed by atoms with E-state index in [0.29, 0.717) is 6.61 Å². The van der Waals surface area contributed by atoms with E-state index in [4.69, 9.17) is 14.7 Å². The van der Waals surface area contributed by atoms with Crippen molar-refractivity contribution in [1.29, 1.82) is 0 Å². The number of nitrogens with one attached hydrogen (secondary N) is 1.